The quantitative estimate of drug-likeness (QED) is 0.336. The van der Waals surface area contributed by atoms with Crippen LogP contribution in [0.5, 0.6) is 0 Å². The molecule has 34 heavy (non-hydrogen) atoms. The second-order valence-corrected chi connectivity index (χ2v) is 8.18. The van der Waals surface area contributed by atoms with Gasteiger partial charge in [0.15, 0.2) is 0 Å². The monoisotopic (exact) mass is 443 g/mol. The van der Waals surface area contributed by atoms with Crippen LogP contribution in [0.4, 0.5) is 0 Å². The molecule has 0 atom stereocenters. The molecule has 3 aromatic heterocycles. The van der Waals surface area contributed by atoms with E-state index in [1.54, 1.807) is 12.2 Å². The number of nitrogens with one attached hydrogen (secondary N) is 4. The third-order valence-electron chi connectivity index (χ3n) is 5.66. The number of aliphatic imine (C=N–C) groups is 1. The lowest BCUT2D eigenvalue weighted by Gasteiger charge is -1.99. The van der Waals surface area contributed by atoms with Gasteiger partial charge in [0.05, 0.1) is 17.1 Å². The lowest BCUT2D eigenvalue weighted by atomic mass is 10.2. The van der Waals surface area contributed by atoms with Crippen molar-refractivity contribution in [1.29, 1.82) is 0 Å². The van der Waals surface area contributed by atoms with Gasteiger partial charge in [-0.1, -0.05) is 18.2 Å². The normalized spacial score (nSPS) is 15.8. The molecule has 0 saturated heterocycles. The van der Waals surface area contributed by atoms with Gasteiger partial charge in [-0.3, -0.25) is 4.79 Å². The number of hydrogen-bond acceptors (Lipinski definition) is 3. The van der Waals surface area contributed by atoms with Crippen molar-refractivity contribution >= 4 is 40.6 Å². The zero-order valence-electron chi connectivity index (χ0n) is 18.2. The summed E-state index contributed by atoms with van der Waals surface area (Å²) >= 11 is 0. The first-order chi connectivity index (χ1) is 16.7. The van der Waals surface area contributed by atoms with E-state index in [1.807, 2.05) is 73.0 Å². The zero-order chi connectivity index (χ0) is 22.9. The maximum atomic E-state index is 12.2. The van der Waals surface area contributed by atoms with Crippen LogP contribution < -0.4 is 16.0 Å². The maximum absolute atomic E-state index is 12.2. The average Bonchev–Trinajstić information content (AvgIpc) is 3.64. The van der Waals surface area contributed by atoms with Crippen LogP contribution in [0.2, 0.25) is 0 Å². The van der Waals surface area contributed by atoms with Crippen LogP contribution in [-0.2, 0) is 4.79 Å². The van der Waals surface area contributed by atoms with Gasteiger partial charge in [-0.2, -0.15) is 0 Å². The van der Waals surface area contributed by atoms with Crippen molar-refractivity contribution in [3.63, 3.8) is 0 Å². The topological polar surface area (TPSA) is 88.8 Å². The minimum atomic E-state index is -0.0453. The Morgan fingerprint density at radius 1 is 0.706 bits per heavy atom. The van der Waals surface area contributed by atoms with Gasteiger partial charge in [0.1, 0.15) is 0 Å². The Kier molecular flexibility index (Phi) is 4.81. The van der Waals surface area contributed by atoms with Gasteiger partial charge in [0.25, 0.3) is 0 Å². The molecule has 0 saturated carbocycles. The van der Waals surface area contributed by atoms with Crippen molar-refractivity contribution in [1.82, 2.24) is 20.3 Å². The number of nitrogens with zero attached hydrogens (tertiary/aromatic N) is 1. The summed E-state index contributed by atoms with van der Waals surface area (Å²) in [6, 6.07) is 18.3. The highest BCUT2D eigenvalue weighted by Gasteiger charge is 2.17. The van der Waals surface area contributed by atoms with E-state index in [2.05, 4.69) is 43.5 Å². The van der Waals surface area contributed by atoms with Crippen LogP contribution >= 0.6 is 0 Å². The summed E-state index contributed by atoms with van der Waals surface area (Å²) in [6.45, 7) is 0. The van der Waals surface area contributed by atoms with Gasteiger partial charge >= 0.3 is 0 Å². The van der Waals surface area contributed by atoms with E-state index in [4.69, 9.17) is 0 Å². The second-order valence-electron chi connectivity index (χ2n) is 8.18. The van der Waals surface area contributed by atoms with Crippen LogP contribution in [0, 0.1) is 0 Å². The molecule has 0 radical (unpaired) electrons. The molecule has 0 amide bonds. The first-order valence-corrected chi connectivity index (χ1v) is 11.0. The molecule has 1 aromatic carbocycles. The number of H-pyrrole nitrogens is 3. The number of hydrogen-bond donors (Lipinski definition) is 4. The number of aromatic nitrogens is 3. The fourth-order valence-electron chi connectivity index (χ4n) is 4.05. The molecule has 6 heteroatoms. The molecule has 0 spiro atoms. The molecular formula is C28H21N5O. The van der Waals surface area contributed by atoms with Crippen molar-refractivity contribution in [2.75, 3.05) is 0 Å². The fraction of sp³-hybridized carbons (Fsp3) is 0. The van der Waals surface area contributed by atoms with E-state index in [-0.39, 0.29) is 5.78 Å². The highest BCUT2D eigenvalue weighted by molar-refractivity contribution is 6.16. The fourth-order valence-corrected chi connectivity index (χ4v) is 4.05. The van der Waals surface area contributed by atoms with Crippen molar-refractivity contribution in [2.24, 2.45) is 4.99 Å². The van der Waals surface area contributed by atoms with Gasteiger partial charge in [-0.05, 0) is 78.2 Å². The number of carbonyl (C=O) groups excluding carboxylic acids is 1. The number of carbonyl (C=O) groups is 1. The highest BCUT2D eigenvalue weighted by atomic mass is 16.1. The molecule has 0 fully saturated rings. The molecule has 6 nitrogen and oxygen atoms in total. The maximum Gasteiger partial charge on any atom is 0.204 e. The van der Waals surface area contributed by atoms with Crippen LogP contribution in [0.25, 0.3) is 29.1 Å². The molecule has 6 heterocycles. The first-order valence-electron chi connectivity index (χ1n) is 11.0. The van der Waals surface area contributed by atoms with Gasteiger partial charge in [0.2, 0.25) is 5.78 Å². The second kappa shape index (κ2) is 8.26. The Bertz CT molecular complexity index is 1670. The number of rotatable bonds is 0. The summed E-state index contributed by atoms with van der Waals surface area (Å²) in [5.74, 6) is -0.0453. The lowest BCUT2D eigenvalue weighted by Crippen LogP contribution is -2.14. The molecular weight excluding hydrogens is 422 g/mol. The third-order valence-corrected chi connectivity index (χ3v) is 5.66. The SMILES string of the molecule is O=C1C=C2C=c3ccc([nH]3)=Cc3ccc([nH]3)C=C3C=CC(=N3)C=C1N2.c1ccc2[nH]ccc2c1. The Morgan fingerprint density at radius 2 is 1.53 bits per heavy atom. The molecule has 8 bridgehead atoms. The zero-order valence-corrected chi connectivity index (χ0v) is 18.2. The first kappa shape index (κ1) is 19.8. The number of ketones is 1. The smallest absolute Gasteiger partial charge is 0.204 e. The van der Waals surface area contributed by atoms with E-state index in [0.29, 0.717) is 5.70 Å². The number of benzene rings is 1. The third kappa shape index (κ3) is 4.12. The number of para-hydroxylation sites is 1. The molecule has 3 aliphatic heterocycles. The van der Waals surface area contributed by atoms with Crippen LogP contribution in [-0.4, -0.2) is 26.4 Å². The molecule has 4 N–H and O–H groups in total. The summed E-state index contributed by atoms with van der Waals surface area (Å²) in [7, 11) is 0. The number of allylic oxidation sites excluding steroid dienone is 5. The molecule has 0 aliphatic carbocycles. The van der Waals surface area contributed by atoms with Gasteiger partial charge < -0.3 is 20.3 Å². The summed E-state index contributed by atoms with van der Waals surface area (Å²) in [5, 5.41) is 6.34. The van der Waals surface area contributed by atoms with Crippen molar-refractivity contribution in [2.45, 2.75) is 0 Å². The molecule has 0 unspecified atom stereocenters. The Balaban J connectivity index is 0.000000202. The standard InChI is InChI=1S/C20H14N4O.C8H7N/c25-20-11-18-9-16-4-3-14(22-16)7-12-1-2-13(21-12)8-15-5-6-17(23-15)10-19(20)24-18;1-2-4-8-7(3-1)5-6-9-8/h1-11,21-22,24H;1-6,9H. The largest absolute Gasteiger partial charge is 0.361 e. The van der Waals surface area contributed by atoms with E-state index in [0.717, 1.165) is 39.2 Å². The van der Waals surface area contributed by atoms with Gasteiger partial charge in [-0.25, -0.2) is 4.99 Å². The van der Waals surface area contributed by atoms with E-state index in [9.17, 15) is 4.79 Å². The Morgan fingerprint density at radius 3 is 2.41 bits per heavy atom. The van der Waals surface area contributed by atoms with E-state index in [1.165, 1.54) is 10.9 Å². The molecule has 7 rings (SSSR count). The van der Waals surface area contributed by atoms with Crippen LogP contribution in [0.3, 0.4) is 0 Å². The predicted molar refractivity (Wildman–Crippen MR) is 136 cm³/mol. The minimum absolute atomic E-state index is 0.0453. The number of fused-ring (bicyclic) bond motifs is 8. The molecule has 3 aliphatic rings. The van der Waals surface area contributed by atoms with E-state index >= 15 is 0 Å². The van der Waals surface area contributed by atoms with Crippen LogP contribution in [0.1, 0.15) is 11.4 Å². The Hall–Kier alpha value is -4.84. The van der Waals surface area contributed by atoms with Crippen molar-refractivity contribution < 1.29 is 4.79 Å². The summed E-state index contributed by atoms with van der Waals surface area (Å²) in [4.78, 5) is 26.5. The summed E-state index contributed by atoms with van der Waals surface area (Å²) < 4.78 is 0. The molecule has 164 valence electrons. The predicted octanol–water partition coefficient (Wildman–Crippen LogP) is 3.43. The summed E-state index contributed by atoms with van der Waals surface area (Å²) in [5.41, 5.74) is 6.09. The van der Waals surface area contributed by atoms with Gasteiger partial charge in [0, 0.05) is 45.6 Å². The number of aromatic amines is 3. The van der Waals surface area contributed by atoms with Crippen molar-refractivity contribution in [3.05, 3.63) is 124 Å². The Labute approximate surface area is 195 Å². The van der Waals surface area contributed by atoms with Crippen molar-refractivity contribution in [3.8, 4) is 0 Å². The minimum Gasteiger partial charge on any atom is -0.361 e. The lowest BCUT2D eigenvalue weighted by molar-refractivity contribution is -0.111. The van der Waals surface area contributed by atoms with E-state index < -0.39 is 0 Å². The molecule has 4 aromatic rings. The van der Waals surface area contributed by atoms with Gasteiger partial charge in [-0.15, -0.1) is 0 Å². The average molecular weight is 444 g/mol. The summed E-state index contributed by atoms with van der Waals surface area (Å²) in [6.07, 6.45) is 15.1. The van der Waals surface area contributed by atoms with Crippen LogP contribution in [0.15, 0.2) is 107 Å². The highest BCUT2D eigenvalue weighted by Crippen LogP contribution is 2.17.